The van der Waals surface area contributed by atoms with Crippen molar-refractivity contribution in [1.82, 2.24) is 9.80 Å². The van der Waals surface area contributed by atoms with Gasteiger partial charge < -0.3 is 15.0 Å². The zero-order valence-corrected chi connectivity index (χ0v) is 16.2. The summed E-state index contributed by atoms with van der Waals surface area (Å²) in [5.41, 5.74) is 2.18. The maximum Gasteiger partial charge on any atom is 0.225 e. The van der Waals surface area contributed by atoms with Crippen molar-refractivity contribution in [3.8, 4) is 0 Å². The molecule has 1 atom stereocenters. The first-order valence-electron chi connectivity index (χ1n) is 10.1. The maximum absolute atomic E-state index is 12.2. The average Bonchev–Trinajstić information content (AvgIpc) is 3.15. The summed E-state index contributed by atoms with van der Waals surface area (Å²) in [7, 11) is 0. The second-order valence-corrected chi connectivity index (χ2v) is 7.85. The van der Waals surface area contributed by atoms with Crippen LogP contribution in [0.3, 0.4) is 0 Å². The summed E-state index contributed by atoms with van der Waals surface area (Å²) in [5.74, 6) is 0.614. The molecule has 0 unspecified atom stereocenters. The molecule has 1 aromatic carbocycles. The molecule has 2 fully saturated rings. The zero-order chi connectivity index (χ0) is 18.4. The van der Waals surface area contributed by atoms with E-state index in [1.807, 2.05) is 12.1 Å². The van der Waals surface area contributed by atoms with Gasteiger partial charge in [-0.1, -0.05) is 26.0 Å². The SMILES string of the molecule is CC(C)c1ccc(NC(=O)CCN2CCN(C[C@@H]3CCCO3)CC2)cc1. The summed E-state index contributed by atoms with van der Waals surface area (Å²) in [6.45, 7) is 11.4. The van der Waals surface area contributed by atoms with Gasteiger partial charge in [0.1, 0.15) is 0 Å². The van der Waals surface area contributed by atoms with Crippen molar-refractivity contribution in [3.05, 3.63) is 29.8 Å². The van der Waals surface area contributed by atoms with Gasteiger partial charge in [0.2, 0.25) is 5.91 Å². The van der Waals surface area contributed by atoms with Crippen LogP contribution in [0.15, 0.2) is 24.3 Å². The Morgan fingerprint density at radius 2 is 1.85 bits per heavy atom. The number of hydrogen-bond acceptors (Lipinski definition) is 4. The highest BCUT2D eigenvalue weighted by Gasteiger charge is 2.22. The zero-order valence-electron chi connectivity index (χ0n) is 16.2. The highest BCUT2D eigenvalue weighted by molar-refractivity contribution is 5.90. The monoisotopic (exact) mass is 359 g/mol. The molecule has 1 aromatic rings. The van der Waals surface area contributed by atoms with E-state index in [2.05, 4.69) is 41.1 Å². The van der Waals surface area contributed by atoms with E-state index in [0.717, 1.165) is 51.6 Å². The standard InChI is InChI=1S/C21H33N3O2/c1-17(2)18-5-7-19(8-6-18)22-21(25)9-10-23-11-13-24(14-12-23)16-20-4-3-15-26-20/h5-8,17,20H,3-4,9-16H2,1-2H3,(H,22,25)/t20-/m0/s1. The Labute approximate surface area is 157 Å². The van der Waals surface area contributed by atoms with E-state index in [1.165, 1.54) is 18.4 Å². The summed E-state index contributed by atoms with van der Waals surface area (Å²) in [6, 6.07) is 8.18. The minimum Gasteiger partial charge on any atom is -0.377 e. The molecular formula is C21H33N3O2. The molecule has 1 N–H and O–H groups in total. The van der Waals surface area contributed by atoms with Gasteiger partial charge in [-0.3, -0.25) is 9.69 Å². The van der Waals surface area contributed by atoms with E-state index >= 15 is 0 Å². The number of nitrogens with zero attached hydrogens (tertiary/aromatic N) is 2. The fourth-order valence-corrected chi connectivity index (χ4v) is 3.71. The third kappa shape index (κ3) is 5.79. The van der Waals surface area contributed by atoms with Crippen molar-refractivity contribution in [2.24, 2.45) is 0 Å². The van der Waals surface area contributed by atoms with Gasteiger partial charge in [-0.25, -0.2) is 0 Å². The normalized spacial score (nSPS) is 22.0. The minimum atomic E-state index is 0.101. The van der Waals surface area contributed by atoms with Crippen molar-refractivity contribution >= 4 is 11.6 Å². The molecule has 144 valence electrons. The third-order valence-corrected chi connectivity index (χ3v) is 5.47. The van der Waals surface area contributed by atoms with Gasteiger partial charge in [-0.2, -0.15) is 0 Å². The molecule has 0 aliphatic carbocycles. The number of ether oxygens (including phenoxy) is 1. The first-order chi connectivity index (χ1) is 12.6. The average molecular weight is 360 g/mol. The minimum absolute atomic E-state index is 0.101. The second-order valence-electron chi connectivity index (χ2n) is 7.85. The summed E-state index contributed by atoms with van der Waals surface area (Å²) in [6.07, 6.45) is 3.41. The van der Waals surface area contributed by atoms with Gasteiger partial charge in [0.15, 0.2) is 0 Å². The lowest BCUT2D eigenvalue weighted by Crippen LogP contribution is -2.48. The summed E-state index contributed by atoms with van der Waals surface area (Å²) in [5, 5.41) is 3.01. The van der Waals surface area contributed by atoms with Crippen LogP contribution in [0.4, 0.5) is 5.69 Å². The lowest BCUT2D eigenvalue weighted by molar-refractivity contribution is -0.116. The topological polar surface area (TPSA) is 44.8 Å². The van der Waals surface area contributed by atoms with Crippen molar-refractivity contribution in [3.63, 3.8) is 0 Å². The molecule has 26 heavy (non-hydrogen) atoms. The van der Waals surface area contributed by atoms with Gasteiger partial charge >= 0.3 is 0 Å². The van der Waals surface area contributed by atoms with Crippen LogP contribution in [0.2, 0.25) is 0 Å². The van der Waals surface area contributed by atoms with Crippen LogP contribution < -0.4 is 5.32 Å². The molecule has 1 amide bonds. The molecule has 0 radical (unpaired) electrons. The first-order valence-corrected chi connectivity index (χ1v) is 10.1. The van der Waals surface area contributed by atoms with E-state index in [0.29, 0.717) is 18.4 Å². The lowest BCUT2D eigenvalue weighted by Gasteiger charge is -2.35. The van der Waals surface area contributed by atoms with E-state index in [-0.39, 0.29) is 5.91 Å². The van der Waals surface area contributed by atoms with E-state index in [9.17, 15) is 4.79 Å². The second kappa shape index (κ2) is 9.49. The van der Waals surface area contributed by atoms with Gasteiger partial charge in [0.25, 0.3) is 0 Å². The number of nitrogens with one attached hydrogen (secondary N) is 1. The quantitative estimate of drug-likeness (QED) is 0.813. The Morgan fingerprint density at radius 3 is 2.46 bits per heavy atom. The van der Waals surface area contributed by atoms with Crippen molar-refractivity contribution in [2.45, 2.75) is 45.1 Å². The Hall–Kier alpha value is -1.43. The highest BCUT2D eigenvalue weighted by Crippen LogP contribution is 2.17. The number of carbonyl (C=O) groups excluding carboxylic acids is 1. The number of hydrogen-bond donors (Lipinski definition) is 1. The maximum atomic E-state index is 12.2. The van der Waals surface area contributed by atoms with E-state index in [1.54, 1.807) is 0 Å². The summed E-state index contributed by atoms with van der Waals surface area (Å²) in [4.78, 5) is 17.1. The van der Waals surface area contributed by atoms with Crippen LogP contribution in [-0.4, -0.2) is 67.7 Å². The summed E-state index contributed by atoms with van der Waals surface area (Å²) < 4.78 is 5.73. The predicted octanol–water partition coefficient (Wildman–Crippen LogP) is 2.94. The Bertz CT molecular complexity index is 559. The molecule has 0 spiro atoms. The number of benzene rings is 1. The molecule has 0 bridgehead atoms. The Kier molecular flexibility index (Phi) is 7.06. The van der Waals surface area contributed by atoms with Crippen molar-refractivity contribution < 1.29 is 9.53 Å². The smallest absolute Gasteiger partial charge is 0.225 e. The van der Waals surface area contributed by atoms with Crippen molar-refractivity contribution in [1.29, 1.82) is 0 Å². The molecule has 2 saturated heterocycles. The van der Waals surface area contributed by atoms with Crippen LogP contribution in [0.1, 0.15) is 44.6 Å². The van der Waals surface area contributed by atoms with Crippen LogP contribution in [-0.2, 0) is 9.53 Å². The van der Waals surface area contributed by atoms with Crippen LogP contribution >= 0.6 is 0 Å². The fourth-order valence-electron chi connectivity index (χ4n) is 3.71. The molecule has 0 saturated carbocycles. The molecule has 2 aliphatic heterocycles. The van der Waals surface area contributed by atoms with Crippen LogP contribution in [0.25, 0.3) is 0 Å². The highest BCUT2D eigenvalue weighted by atomic mass is 16.5. The number of amides is 1. The van der Waals surface area contributed by atoms with E-state index in [4.69, 9.17) is 4.74 Å². The van der Waals surface area contributed by atoms with Gasteiger partial charge in [0, 0.05) is 58.0 Å². The number of anilines is 1. The first kappa shape index (κ1) is 19.3. The number of piperazine rings is 1. The van der Waals surface area contributed by atoms with Gasteiger partial charge in [0.05, 0.1) is 6.10 Å². The predicted molar refractivity (Wildman–Crippen MR) is 106 cm³/mol. The van der Waals surface area contributed by atoms with E-state index < -0.39 is 0 Å². The molecule has 2 aliphatic rings. The fraction of sp³-hybridized carbons (Fsp3) is 0.667. The van der Waals surface area contributed by atoms with Crippen molar-refractivity contribution in [2.75, 3.05) is 51.2 Å². The van der Waals surface area contributed by atoms with Crippen LogP contribution in [0.5, 0.6) is 0 Å². The Balaban J connectivity index is 1.33. The molecule has 3 rings (SSSR count). The third-order valence-electron chi connectivity index (χ3n) is 5.47. The number of carbonyl (C=O) groups is 1. The Morgan fingerprint density at radius 1 is 1.15 bits per heavy atom. The molecular weight excluding hydrogens is 326 g/mol. The number of rotatable bonds is 7. The summed E-state index contributed by atoms with van der Waals surface area (Å²) >= 11 is 0. The molecule has 0 aromatic heterocycles. The van der Waals surface area contributed by atoms with Gasteiger partial charge in [-0.05, 0) is 36.5 Å². The molecule has 5 nitrogen and oxygen atoms in total. The molecule has 5 heteroatoms. The van der Waals surface area contributed by atoms with Gasteiger partial charge in [-0.15, -0.1) is 0 Å². The largest absolute Gasteiger partial charge is 0.377 e. The lowest BCUT2D eigenvalue weighted by atomic mass is 10.0. The molecule has 2 heterocycles. The van der Waals surface area contributed by atoms with Crippen LogP contribution in [0, 0.1) is 0 Å².